The van der Waals surface area contributed by atoms with Crippen molar-refractivity contribution in [2.45, 2.75) is 38.1 Å². The van der Waals surface area contributed by atoms with Crippen LogP contribution in [0.15, 0.2) is 53.0 Å². The molecule has 2 atom stereocenters. The van der Waals surface area contributed by atoms with E-state index in [4.69, 9.17) is 0 Å². The molecule has 1 aliphatic heterocycles. The van der Waals surface area contributed by atoms with E-state index in [0.717, 1.165) is 52.5 Å². The van der Waals surface area contributed by atoms with Gasteiger partial charge in [0.15, 0.2) is 0 Å². The smallest absolute Gasteiger partial charge is 0.406 e. The van der Waals surface area contributed by atoms with Gasteiger partial charge in [0.05, 0.1) is 11.0 Å². The molecular formula is C23H24BrF3N2O3S2. The van der Waals surface area contributed by atoms with Crippen LogP contribution < -0.4 is 9.04 Å². The lowest BCUT2D eigenvalue weighted by Gasteiger charge is -2.37. The summed E-state index contributed by atoms with van der Waals surface area (Å²) in [7, 11) is 0. The molecule has 2 aromatic carbocycles. The van der Waals surface area contributed by atoms with E-state index in [-0.39, 0.29) is 11.8 Å². The summed E-state index contributed by atoms with van der Waals surface area (Å²) in [6.07, 6.45) is -0.971. The Bertz CT molecular complexity index is 1130. The number of piperidine rings is 1. The molecule has 3 aromatic rings. The van der Waals surface area contributed by atoms with Crippen molar-refractivity contribution in [2.24, 2.45) is 0 Å². The Hall–Kier alpha value is -1.66. The number of thiophene rings is 1. The van der Waals surface area contributed by atoms with Gasteiger partial charge in [-0.1, -0.05) is 36.8 Å². The quantitative estimate of drug-likeness (QED) is 0.307. The van der Waals surface area contributed by atoms with Crippen LogP contribution in [0.25, 0.3) is 10.1 Å². The van der Waals surface area contributed by atoms with Gasteiger partial charge in [-0.05, 0) is 72.0 Å². The molecular weight excluding hydrogens is 553 g/mol. The van der Waals surface area contributed by atoms with Crippen molar-refractivity contribution in [3.05, 3.63) is 58.6 Å². The van der Waals surface area contributed by atoms with E-state index in [1.807, 2.05) is 24.3 Å². The Morgan fingerprint density at radius 2 is 1.79 bits per heavy atom. The summed E-state index contributed by atoms with van der Waals surface area (Å²) in [6.45, 7) is 2.05. The van der Waals surface area contributed by atoms with Crippen LogP contribution in [0, 0.1) is 0 Å². The highest BCUT2D eigenvalue weighted by molar-refractivity contribution is 9.10. The van der Waals surface area contributed by atoms with Gasteiger partial charge in [-0.15, -0.1) is 24.5 Å². The molecule has 0 aliphatic carbocycles. The monoisotopic (exact) mass is 576 g/mol. The molecule has 0 amide bonds. The van der Waals surface area contributed by atoms with E-state index in [1.165, 1.54) is 27.8 Å². The van der Waals surface area contributed by atoms with Crippen LogP contribution in [-0.4, -0.2) is 45.7 Å². The van der Waals surface area contributed by atoms with Crippen LogP contribution in [-0.2, 0) is 17.7 Å². The molecule has 1 N–H and O–H groups in total. The fourth-order valence-corrected chi connectivity index (χ4v) is 7.16. The second kappa shape index (κ2) is 10.9. The van der Waals surface area contributed by atoms with Gasteiger partial charge in [0, 0.05) is 16.1 Å². The molecule has 184 valence electrons. The topological polar surface area (TPSA) is 53.0 Å². The Morgan fingerprint density at radius 3 is 2.41 bits per heavy atom. The van der Waals surface area contributed by atoms with Gasteiger partial charge in [0.1, 0.15) is 10.8 Å². The molecule has 0 bridgehead atoms. The number of hydrogen-bond donors (Lipinski definition) is 1. The van der Waals surface area contributed by atoms with Gasteiger partial charge in [-0.3, -0.25) is 13.8 Å². The lowest BCUT2D eigenvalue weighted by molar-refractivity contribution is -0.274. The Labute approximate surface area is 211 Å². The van der Waals surface area contributed by atoms with Crippen molar-refractivity contribution in [3.63, 3.8) is 0 Å². The van der Waals surface area contributed by atoms with Gasteiger partial charge in [-0.2, -0.15) is 0 Å². The Balaban J connectivity index is 1.59. The molecule has 1 aromatic heterocycles. The molecule has 2 unspecified atom stereocenters. The number of anilines is 1. The Morgan fingerprint density at radius 1 is 1.12 bits per heavy atom. The summed E-state index contributed by atoms with van der Waals surface area (Å²) < 4.78 is 67.4. The third kappa shape index (κ3) is 6.31. The van der Waals surface area contributed by atoms with Crippen molar-refractivity contribution in [3.8, 4) is 5.75 Å². The average Bonchev–Trinajstić information content (AvgIpc) is 3.13. The maximum Gasteiger partial charge on any atom is 0.573 e. The standard InChI is InChI=1S/C23H24BrF3N2O3S2/c24-21-19-6-2-3-7-20(19)33-22(21)29(34(30)31)15-17(28-12-4-1-5-13-28)14-16-8-10-18(11-9-16)32-23(25,26)27/h2-3,6-11,17H,1,4-5,12-15H2,(H,30,31). The SMILES string of the molecule is O=S(O)N(CC(Cc1ccc(OC(F)(F)F)cc1)N1CCCCC1)c1sc2ccccc2c1Br. The summed E-state index contributed by atoms with van der Waals surface area (Å²) >= 11 is 2.81. The molecule has 4 rings (SSSR count). The first kappa shape index (κ1) is 25.4. The third-order valence-corrected chi connectivity index (χ3v) is 8.93. The summed E-state index contributed by atoms with van der Waals surface area (Å²) in [5.74, 6) is -0.266. The van der Waals surface area contributed by atoms with Gasteiger partial charge < -0.3 is 4.74 Å². The first-order chi connectivity index (χ1) is 16.2. The second-order valence-electron chi connectivity index (χ2n) is 8.16. The van der Waals surface area contributed by atoms with E-state index in [1.54, 1.807) is 12.1 Å². The largest absolute Gasteiger partial charge is 0.573 e. The zero-order valence-electron chi connectivity index (χ0n) is 18.1. The molecule has 1 aliphatic rings. The highest BCUT2D eigenvalue weighted by atomic mass is 79.9. The molecule has 1 fully saturated rings. The minimum Gasteiger partial charge on any atom is -0.406 e. The predicted octanol–water partition coefficient (Wildman–Crippen LogP) is 6.60. The van der Waals surface area contributed by atoms with Crippen molar-refractivity contribution in [1.82, 2.24) is 4.90 Å². The zero-order valence-corrected chi connectivity index (χ0v) is 21.4. The lowest BCUT2D eigenvalue weighted by atomic mass is 10.0. The highest BCUT2D eigenvalue weighted by Gasteiger charge is 2.31. The van der Waals surface area contributed by atoms with E-state index in [2.05, 4.69) is 25.6 Å². The van der Waals surface area contributed by atoms with E-state index in [0.29, 0.717) is 18.0 Å². The number of ether oxygens (including phenoxy) is 1. The zero-order chi connectivity index (χ0) is 24.3. The number of benzene rings is 2. The van der Waals surface area contributed by atoms with E-state index in [9.17, 15) is 21.9 Å². The number of likely N-dealkylation sites (tertiary alicyclic amines) is 1. The number of halogens is 4. The van der Waals surface area contributed by atoms with Crippen LogP contribution >= 0.6 is 27.3 Å². The summed E-state index contributed by atoms with van der Waals surface area (Å²) in [5.41, 5.74) is 0.837. The van der Waals surface area contributed by atoms with Gasteiger partial charge in [-0.25, -0.2) is 4.21 Å². The van der Waals surface area contributed by atoms with Crippen molar-refractivity contribution < 1.29 is 26.7 Å². The van der Waals surface area contributed by atoms with Crippen molar-refractivity contribution in [1.29, 1.82) is 0 Å². The van der Waals surface area contributed by atoms with Crippen LogP contribution in [0.2, 0.25) is 0 Å². The number of hydrogen-bond acceptors (Lipinski definition) is 4. The minimum atomic E-state index is -4.73. The van der Waals surface area contributed by atoms with Crippen molar-refractivity contribution in [2.75, 3.05) is 23.9 Å². The van der Waals surface area contributed by atoms with Gasteiger partial charge >= 0.3 is 6.36 Å². The third-order valence-electron chi connectivity index (χ3n) is 5.84. The molecule has 5 nitrogen and oxygen atoms in total. The highest BCUT2D eigenvalue weighted by Crippen LogP contribution is 2.42. The number of nitrogens with zero attached hydrogens (tertiary/aromatic N) is 2. The number of rotatable bonds is 8. The van der Waals surface area contributed by atoms with E-state index < -0.39 is 17.6 Å². The van der Waals surface area contributed by atoms with E-state index >= 15 is 0 Å². The molecule has 1 saturated heterocycles. The molecule has 34 heavy (non-hydrogen) atoms. The normalized spacial score (nSPS) is 17.0. The summed E-state index contributed by atoms with van der Waals surface area (Å²) in [5, 5.41) is 1.66. The average molecular weight is 577 g/mol. The first-order valence-electron chi connectivity index (χ1n) is 10.9. The van der Waals surface area contributed by atoms with Crippen LogP contribution in [0.5, 0.6) is 5.75 Å². The molecule has 2 heterocycles. The maximum atomic E-state index is 12.5. The maximum absolute atomic E-state index is 12.5. The number of fused-ring (bicyclic) bond motifs is 1. The fourth-order valence-electron chi connectivity index (χ4n) is 4.26. The lowest BCUT2D eigenvalue weighted by Crippen LogP contribution is -2.47. The predicted molar refractivity (Wildman–Crippen MR) is 134 cm³/mol. The van der Waals surface area contributed by atoms with Crippen molar-refractivity contribution >= 4 is 53.6 Å². The minimum absolute atomic E-state index is 0.0945. The summed E-state index contributed by atoms with van der Waals surface area (Å²) in [4.78, 5) is 2.31. The first-order valence-corrected chi connectivity index (χ1v) is 13.5. The molecule has 0 saturated carbocycles. The van der Waals surface area contributed by atoms with Crippen LogP contribution in [0.4, 0.5) is 18.2 Å². The molecule has 0 spiro atoms. The number of alkyl halides is 3. The second-order valence-corrected chi connectivity index (χ2v) is 10.9. The summed E-state index contributed by atoms with van der Waals surface area (Å²) in [6, 6.07) is 13.5. The van der Waals surface area contributed by atoms with Gasteiger partial charge in [0.25, 0.3) is 11.3 Å². The van der Waals surface area contributed by atoms with Crippen LogP contribution in [0.3, 0.4) is 0 Å². The fraction of sp³-hybridized carbons (Fsp3) is 0.391. The molecule has 0 radical (unpaired) electrons. The van der Waals surface area contributed by atoms with Crippen LogP contribution in [0.1, 0.15) is 24.8 Å². The van der Waals surface area contributed by atoms with Gasteiger partial charge in [0.2, 0.25) is 0 Å². The molecule has 11 heteroatoms. The Kier molecular flexibility index (Phi) is 8.19.